The molecule has 0 N–H and O–H groups in total. The molecule has 0 aromatic heterocycles. The van der Waals surface area contributed by atoms with E-state index in [-0.39, 0.29) is 0 Å². The van der Waals surface area contributed by atoms with E-state index in [1.807, 2.05) is 156 Å². The van der Waals surface area contributed by atoms with Crippen LogP contribution in [0.5, 0.6) is 0 Å². The van der Waals surface area contributed by atoms with Gasteiger partial charge in [0.05, 0.1) is 0 Å². The summed E-state index contributed by atoms with van der Waals surface area (Å²) < 4.78 is 33.2. The van der Waals surface area contributed by atoms with E-state index in [0.29, 0.717) is 31.2 Å². The maximum atomic E-state index is 15.6. The summed E-state index contributed by atoms with van der Waals surface area (Å²) in [7, 11) is -6.53. The third-order valence-corrected chi connectivity index (χ3v) is 14.5. The topological polar surface area (TPSA) is 37.4 Å². The molecule has 0 saturated carbocycles. The highest BCUT2D eigenvalue weighted by Gasteiger charge is 2.43. The van der Waals surface area contributed by atoms with Gasteiger partial charge in [0, 0.05) is 31.2 Å². The molecule has 0 unspecified atom stereocenters. The highest BCUT2D eigenvalue weighted by atomic mass is 31.2. The highest BCUT2D eigenvalue weighted by Crippen LogP contribution is 2.72. The normalized spacial score (nSPS) is 11.9. The van der Waals surface area contributed by atoms with Crippen LogP contribution in [0.2, 0.25) is 0 Å². The van der Waals surface area contributed by atoms with Crippen LogP contribution in [0.3, 0.4) is 0 Å². The lowest BCUT2D eigenvalue weighted by atomic mass is 10.2. The SMILES string of the molecule is O=P(Cc1ccccc1)(Cc1ccccc1)N(Cc1ccccc1)P(=O)(Cc1ccccc1)Cc1ccccc1. The van der Waals surface area contributed by atoms with Gasteiger partial charge in [-0.05, 0) is 27.8 Å². The van der Waals surface area contributed by atoms with Gasteiger partial charge in [-0.15, -0.1) is 0 Å². The summed E-state index contributed by atoms with van der Waals surface area (Å²) in [5.41, 5.74) is 4.97. The number of hydrogen-bond donors (Lipinski definition) is 0. The zero-order valence-corrected chi connectivity index (χ0v) is 24.4. The lowest BCUT2D eigenvalue weighted by Gasteiger charge is -2.39. The quantitative estimate of drug-likeness (QED) is 0.142. The summed E-state index contributed by atoms with van der Waals surface area (Å²) in [6, 6.07) is 50.0. The van der Waals surface area contributed by atoms with Crippen LogP contribution in [0.15, 0.2) is 152 Å². The zero-order valence-electron chi connectivity index (χ0n) is 22.6. The maximum absolute atomic E-state index is 15.6. The van der Waals surface area contributed by atoms with Gasteiger partial charge in [-0.25, -0.2) is 0 Å². The molecule has 0 aliphatic carbocycles. The van der Waals surface area contributed by atoms with Crippen molar-refractivity contribution in [2.75, 3.05) is 0 Å². The second kappa shape index (κ2) is 13.2. The standard InChI is InChI=1S/C35H35NO2P2/c37-39(27-32-18-8-2-9-19-32,28-33-20-10-3-11-21-33)36(26-31-16-6-1-7-17-31)40(38,29-34-22-12-4-13-23-34)30-35-24-14-5-15-25-35/h1-25H,26-30H2. The van der Waals surface area contributed by atoms with Crippen LogP contribution in [0.4, 0.5) is 0 Å². The van der Waals surface area contributed by atoms with Crippen LogP contribution < -0.4 is 0 Å². The molecule has 5 rings (SSSR count). The molecule has 5 aromatic carbocycles. The van der Waals surface area contributed by atoms with Crippen LogP contribution in [-0.2, 0) is 40.3 Å². The third kappa shape index (κ3) is 7.38. The second-order valence-corrected chi connectivity index (χ2v) is 16.2. The molecule has 5 aromatic rings. The predicted octanol–water partition coefficient (Wildman–Crippen LogP) is 9.85. The van der Waals surface area contributed by atoms with Gasteiger partial charge in [0.1, 0.15) is 0 Å². The van der Waals surface area contributed by atoms with Crippen LogP contribution in [-0.4, -0.2) is 4.44 Å². The molecule has 0 amide bonds. The lowest BCUT2D eigenvalue weighted by Crippen LogP contribution is -2.22. The molecule has 202 valence electrons. The van der Waals surface area contributed by atoms with Gasteiger partial charge in [-0.3, -0.25) is 0 Å². The zero-order chi connectivity index (χ0) is 27.7. The molecular formula is C35H35NO2P2. The molecule has 0 saturated heterocycles. The van der Waals surface area contributed by atoms with E-state index >= 15 is 9.13 Å². The fraction of sp³-hybridized carbons (Fsp3) is 0.143. The molecule has 3 nitrogen and oxygen atoms in total. The van der Waals surface area contributed by atoms with Gasteiger partial charge in [-0.1, -0.05) is 152 Å². The van der Waals surface area contributed by atoms with Crippen LogP contribution in [0.25, 0.3) is 0 Å². The van der Waals surface area contributed by atoms with Crippen molar-refractivity contribution < 1.29 is 9.13 Å². The fourth-order valence-electron chi connectivity index (χ4n) is 5.21. The second-order valence-electron chi connectivity index (χ2n) is 10.3. The van der Waals surface area contributed by atoms with E-state index in [1.54, 1.807) is 0 Å². The minimum Gasteiger partial charge on any atom is -0.305 e. The number of rotatable bonds is 12. The molecule has 0 fully saturated rings. The van der Waals surface area contributed by atoms with Gasteiger partial charge in [0.2, 0.25) is 0 Å². The molecule has 0 aliphatic rings. The van der Waals surface area contributed by atoms with Gasteiger partial charge in [0.25, 0.3) is 0 Å². The third-order valence-electron chi connectivity index (χ3n) is 7.10. The average Bonchev–Trinajstić information content (AvgIpc) is 2.98. The molecule has 40 heavy (non-hydrogen) atoms. The Balaban J connectivity index is 1.67. The van der Waals surface area contributed by atoms with Crippen molar-refractivity contribution in [2.24, 2.45) is 0 Å². The average molecular weight is 564 g/mol. The predicted molar refractivity (Wildman–Crippen MR) is 168 cm³/mol. The fourth-order valence-corrected chi connectivity index (χ4v) is 13.2. The Morgan fingerprint density at radius 3 is 0.825 bits per heavy atom. The van der Waals surface area contributed by atoms with Crippen molar-refractivity contribution in [1.82, 2.24) is 4.44 Å². The molecule has 0 aliphatic heterocycles. The van der Waals surface area contributed by atoms with Crippen LogP contribution in [0, 0.1) is 0 Å². The molecule has 0 bridgehead atoms. The van der Waals surface area contributed by atoms with Crippen molar-refractivity contribution in [1.29, 1.82) is 0 Å². The van der Waals surface area contributed by atoms with E-state index in [9.17, 15) is 0 Å². The minimum absolute atomic E-state index is 0.350. The van der Waals surface area contributed by atoms with Gasteiger partial charge < -0.3 is 9.13 Å². The lowest BCUT2D eigenvalue weighted by molar-refractivity contribution is 0.485. The van der Waals surface area contributed by atoms with Crippen molar-refractivity contribution in [3.8, 4) is 0 Å². The first-order valence-electron chi connectivity index (χ1n) is 13.7. The Morgan fingerprint density at radius 1 is 0.350 bits per heavy atom. The van der Waals surface area contributed by atoms with Crippen LogP contribution >= 0.6 is 14.6 Å². The smallest absolute Gasteiger partial charge is 0.164 e. The summed E-state index contributed by atoms with van der Waals surface area (Å²) in [4.78, 5) is 0. The summed E-state index contributed by atoms with van der Waals surface area (Å²) in [6.45, 7) is 0.356. The van der Waals surface area contributed by atoms with Crippen molar-refractivity contribution in [3.05, 3.63) is 179 Å². The first-order chi connectivity index (χ1) is 19.5. The Bertz CT molecular complexity index is 1370. The summed E-state index contributed by atoms with van der Waals surface area (Å²) in [5.74, 6) is 0. The van der Waals surface area contributed by atoms with E-state index < -0.39 is 14.6 Å². The van der Waals surface area contributed by atoms with E-state index in [2.05, 4.69) is 0 Å². The van der Waals surface area contributed by atoms with Crippen LogP contribution in [0.1, 0.15) is 27.8 Å². The molecule has 0 spiro atoms. The van der Waals surface area contributed by atoms with E-state index in [4.69, 9.17) is 0 Å². The number of nitrogens with zero attached hydrogens (tertiary/aromatic N) is 1. The molecule has 0 radical (unpaired) electrons. The van der Waals surface area contributed by atoms with Gasteiger partial charge in [-0.2, -0.15) is 4.44 Å². The molecule has 0 heterocycles. The Kier molecular flexibility index (Phi) is 9.30. The molecule has 0 atom stereocenters. The van der Waals surface area contributed by atoms with Crippen molar-refractivity contribution >= 4 is 14.6 Å². The molecular weight excluding hydrogens is 528 g/mol. The highest BCUT2D eigenvalue weighted by molar-refractivity contribution is 7.75. The first kappa shape index (κ1) is 28.1. The Hall–Kier alpha value is -3.48. The van der Waals surface area contributed by atoms with Crippen molar-refractivity contribution in [3.63, 3.8) is 0 Å². The Morgan fingerprint density at radius 2 is 0.575 bits per heavy atom. The summed E-state index contributed by atoms with van der Waals surface area (Å²) in [5, 5.41) is 0. The summed E-state index contributed by atoms with van der Waals surface area (Å²) >= 11 is 0. The van der Waals surface area contributed by atoms with E-state index in [1.165, 1.54) is 0 Å². The largest absolute Gasteiger partial charge is 0.305 e. The van der Waals surface area contributed by atoms with Gasteiger partial charge >= 0.3 is 0 Å². The minimum atomic E-state index is -3.26. The monoisotopic (exact) mass is 563 g/mol. The summed E-state index contributed by atoms with van der Waals surface area (Å²) in [6.07, 6.45) is 1.40. The first-order valence-corrected chi connectivity index (χ1v) is 17.7. The van der Waals surface area contributed by atoms with Gasteiger partial charge in [0.15, 0.2) is 14.6 Å². The number of benzene rings is 5. The Labute approximate surface area is 238 Å². The molecule has 5 heteroatoms. The van der Waals surface area contributed by atoms with Crippen molar-refractivity contribution in [2.45, 2.75) is 31.2 Å². The maximum Gasteiger partial charge on any atom is 0.164 e. The number of hydrogen-bond acceptors (Lipinski definition) is 2. The van der Waals surface area contributed by atoms with E-state index in [0.717, 1.165) is 27.8 Å².